The minimum absolute atomic E-state index is 0.189. The topological polar surface area (TPSA) is 63.0 Å². The molecule has 2 unspecified atom stereocenters. The summed E-state index contributed by atoms with van der Waals surface area (Å²) in [6, 6.07) is 0.252. The molecule has 1 rings (SSSR count). The third-order valence-electron chi connectivity index (χ3n) is 2.43. The van der Waals surface area contributed by atoms with Gasteiger partial charge in [-0.2, -0.15) is 11.8 Å². The molecule has 2 atom stereocenters. The van der Waals surface area contributed by atoms with Crippen LogP contribution in [0.2, 0.25) is 0 Å². The summed E-state index contributed by atoms with van der Waals surface area (Å²) in [6.07, 6.45) is 3.68. The van der Waals surface area contributed by atoms with Crippen molar-refractivity contribution in [2.45, 2.75) is 24.8 Å². The minimum atomic E-state index is 0.189. The first-order valence-electron chi connectivity index (χ1n) is 4.89. The summed E-state index contributed by atoms with van der Waals surface area (Å²) >= 11 is 1.66. The summed E-state index contributed by atoms with van der Waals surface area (Å²) in [6.45, 7) is 2.93. The van der Waals surface area contributed by atoms with Crippen molar-refractivity contribution in [1.82, 2.24) is 20.1 Å². The molecule has 0 saturated heterocycles. The van der Waals surface area contributed by atoms with Gasteiger partial charge in [0.25, 0.3) is 0 Å². The smallest absolute Gasteiger partial charge is 0.146 e. The van der Waals surface area contributed by atoms with Gasteiger partial charge in [0, 0.05) is 18.3 Å². The number of aryl methyl sites for hydroxylation is 1. The molecular weight excluding hydrogens is 212 g/mol. The van der Waals surface area contributed by atoms with Gasteiger partial charge in [0.2, 0.25) is 0 Å². The molecule has 0 radical (unpaired) electrons. The van der Waals surface area contributed by atoms with Crippen molar-refractivity contribution < 1.29 is 5.11 Å². The molecule has 0 spiro atoms. The van der Waals surface area contributed by atoms with Crippen molar-refractivity contribution in [3.8, 4) is 0 Å². The van der Waals surface area contributed by atoms with Crippen LogP contribution in [0.15, 0.2) is 6.33 Å². The molecule has 2 N–H and O–H groups in total. The first kappa shape index (κ1) is 12.5. The molecule has 0 aromatic carbocycles. The number of aromatic nitrogens is 3. The molecule has 5 nitrogen and oxygen atoms in total. The zero-order valence-electron chi connectivity index (χ0n) is 9.34. The van der Waals surface area contributed by atoms with E-state index in [1.54, 1.807) is 18.1 Å². The van der Waals surface area contributed by atoms with E-state index in [0.717, 1.165) is 5.82 Å². The second kappa shape index (κ2) is 6.09. The van der Waals surface area contributed by atoms with Crippen LogP contribution in [-0.2, 0) is 13.6 Å². The molecule has 0 fully saturated rings. The lowest BCUT2D eigenvalue weighted by Gasteiger charge is -2.20. The maximum atomic E-state index is 9.11. The Labute approximate surface area is 94.3 Å². The Hall–Kier alpha value is -0.590. The van der Waals surface area contributed by atoms with Crippen molar-refractivity contribution in [2.24, 2.45) is 7.05 Å². The number of rotatable bonds is 6. The fraction of sp³-hybridized carbons (Fsp3) is 0.778. The van der Waals surface area contributed by atoms with Crippen LogP contribution in [0.3, 0.4) is 0 Å². The van der Waals surface area contributed by atoms with Gasteiger partial charge in [-0.25, -0.2) is 0 Å². The van der Waals surface area contributed by atoms with E-state index in [2.05, 4.69) is 22.4 Å². The Morgan fingerprint density at radius 1 is 1.67 bits per heavy atom. The summed E-state index contributed by atoms with van der Waals surface area (Å²) < 4.78 is 1.88. The Balaban J connectivity index is 2.40. The monoisotopic (exact) mass is 230 g/mol. The number of aliphatic hydroxyl groups excluding tert-OH is 1. The van der Waals surface area contributed by atoms with Crippen LogP contribution in [0.25, 0.3) is 0 Å². The van der Waals surface area contributed by atoms with Gasteiger partial charge in [0.15, 0.2) is 0 Å². The molecule has 0 saturated carbocycles. The molecule has 0 aliphatic rings. The average molecular weight is 230 g/mol. The molecule has 1 aromatic rings. The van der Waals surface area contributed by atoms with E-state index >= 15 is 0 Å². The number of hydrogen-bond acceptors (Lipinski definition) is 5. The lowest BCUT2D eigenvalue weighted by molar-refractivity contribution is 0.275. The predicted octanol–water partition coefficient (Wildman–Crippen LogP) is 0.0171. The third-order valence-corrected chi connectivity index (χ3v) is 3.59. The maximum absolute atomic E-state index is 9.11. The van der Waals surface area contributed by atoms with E-state index in [0.29, 0.717) is 6.54 Å². The summed E-state index contributed by atoms with van der Waals surface area (Å²) in [5.41, 5.74) is 0. The molecule has 0 amide bonds. The SMILES string of the molecule is CSC(CO)C(C)NCc1nncn1C. The van der Waals surface area contributed by atoms with Crippen molar-refractivity contribution in [2.75, 3.05) is 12.9 Å². The summed E-state index contributed by atoms with van der Waals surface area (Å²) in [4.78, 5) is 0. The van der Waals surface area contributed by atoms with E-state index in [-0.39, 0.29) is 17.9 Å². The van der Waals surface area contributed by atoms with Crippen LogP contribution >= 0.6 is 11.8 Å². The van der Waals surface area contributed by atoms with Crippen LogP contribution in [0.4, 0.5) is 0 Å². The van der Waals surface area contributed by atoms with Crippen molar-refractivity contribution >= 4 is 11.8 Å². The highest BCUT2D eigenvalue weighted by Gasteiger charge is 2.14. The first-order valence-corrected chi connectivity index (χ1v) is 6.17. The van der Waals surface area contributed by atoms with Crippen molar-refractivity contribution in [3.05, 3.63) is 12.2 Å². The molecule has 0 aliphatic carbocycles. The van der Waals surface area contributed by atoms with Gasteiger partial charge in [-0.05, 0) is 13.2 Å². The molecular formula is C9H18N4OS. The number of hydrogen-bond donors (Lipinski definition) is 2. The van der Waals surface area contributed by atoms with Gasteiger partial charge in [-0.3, -0.25) is 0 Å². The van der Waals surface area contributed by atoms with Crippen molar-refractivity contribution in [1.29, 1.82) is 0 Å². The van der Waals surface area contributed by atoms with Gasteiger partial charge in [0.05, 0.1) is 13.2 Å². The molecule has 1 heterocycles. The van der Waals surface area contributed by atoms with Crippen LogP contribution in [-0.4, -0.2) is 44.0 Å². The Morgan fingerprint density at radius 3 is 2.87 bits per heavy atom. The van der Waals surface area contributed by atoms with E-state index in [4.69, 9.17) is 5.11 Å². The Morgan fingerprint density at radius 2 is 2.40 bits per heavy atom. The summed E-state index contributed by atoms with van der Waals surface area (Å²) in [7, 11) is 1.92. The van der Waals surface area contributed by atoms with E-state index in [1.165, 1.54) is 0 Å². The lowest BCUT2D eigenvalue weighted by atomic mass is 10.2. The first-order chi connectivity index (χ1) is 7.19. The molecule has 86 valence electrons. The highest BCUT2D eigenvalue weighted by Crippen LogP contribution is 2.10. The third kappa shape index (κ3) is 3.48. The number of nitrogens with zero attached hydrogens (tertiary/aromatic N) is 3. The van der Waals surface area contributed by atoms with Gasteiger partial charge >= 0.3 is 0 Å². The fourth-order valence-corrected chi connectivity index (χ4v) is 1.94. The zero-order valence-corrected chi connectivity index (χ0v) is 10.2. The van der Waals surface area contributed by atoms with Crippen LogP contribution in [0.5, 0.6) is 0 Å². The predicted molar refractivity (Wildman–Crippen MR) is 61.7 cm³/mol. The number of thioether (sulfide) groups is 1. The molecule has 0 aliphatic heterocycles. The summed E-state index contributed by atoms with van der Waals surface area (Å²) in [5, 5.41) is 20.4. The van der Waals surface area contributed by atoms with Gasteiger partial charge in [-0.1, -0.05) is 0 Å². The van der Waals surface area contributed by atoms with E-state index in [1.807, 2.05) is 17.9 Å². The normalized spacial score (nSPS) is 15.2. The highest BCUT2D eigenvalue weighted by molar-refractivity contribution is 7.99. The lowest BCUT2D eigenvalue weighted by Crippen LogP contribution is -2.37. The van der Waals surface area contributed by atoms with Crippen LogP contribution in [0, 0.1) is 0 Å². The highest BCUT2D eigenvalue weighted by atomic mass is 32.2. The maximum Gasteiger partial charge on any atom is 0.146 e. The standard InChI is InChI=1S/C9H18N4OS/c1-7(8(5-14)15-3)10-4-9-12-11-6-13(9)2/h6-8,10,14H,4-5H2,1-3H3. The second-order valence-electron chi connectivity index (χ2n) is 3.48. The average Bonchev–Trinajstić information content (AvgIpc) is 2.63. The molecule has 15 heavy (non-hydrogen) atoms. The van der Waals surface area contributed by atoms with Gasteiger partial charge < -0.3 is 15.0 Å². The number of aliphatic hydroxyl groups is 1. The van der Waals surface area contributed by atoms with Crippen LogP contribution in [0.1, 0.15) is 12.7 Å². The molecule has 6 heteroatoms. The van der Waals surface area contributed by atoms with E-state index in [9.17, 15) is 0 Å². The van der Waals surface area contributed by atoms with Gasteiger partial charge in [0.1, 0.15) is 12.2 Å². The van der Waals surface area contributed by atoms with Crippen molar-refractivity contribution in [3.63, 3.8) is 0 Å². The largest absolute Gasteiger partial charge is 0.395 e. The van der Waals surface area contributed by atoms with E-state index < -0.39 is 0 Å². The fourth-order valence-electron chi connectivity index (χ4n) is 1.29. The minimum Gasteiger partial charge on any atom is -0.395 e. The molecule has 1 aromatic heterocycles. The van der Waals surface area contributed by atoms with Crippen LogP contribution < -0.4 is 5.32 Å². The zero-order chi connectivity index (χ0) is 11.3. The molecule has 0 bridgehead atoms. The Kier molecular flexibility index (Phi) is 5.07. The van der Waals surface area contributed by atoms with Gasteiger partial charge in [-0.15, -0.1) is 10.2 Å². The Bertz CT molecular complexity index is 287. The quantitative estimate of drug-likeness (QED) is 0.721. The number of nitrogens with one attached hydrogen (secondary N) is 1. The summed E-state index contributed by atoms with van der Waals surface area (Å²) in [5.74, 6) is 0.902. The second-order valence-corrected chi connectivity index (χ2v) is 4.56.